The maximum atomic E-state index is 12.4. The fraction of sp³-hybridized carbons (Fsp3) is 0.556. The van der Waals surface area contributed by atoms with Gasteiger partial charge in [0.2, 0.25) is 5.91 Å². The standard InChI is InChI=1S/C18H22F3N3O3/c19-18(20,21)27-15-7-3-12(4-8-15)10-22-16(25)13-2-1-9-24(11-13)17(26)23-14-5-6-14/h3-4,7-8,13-14H,1-2,5-6,9-11H2,(H,22,25)(H,23,26). The van der Waals surface area contributed by atoms with E-state index in [2.05, 4.69) is 15.4 Å². The minimum Gasteiger partial charge on any atom is -0.406 e. The largest absolute Gasteiger partial charge is 0.573 e. The predicted molar refractivity (Wildman–Crippen MR) is 90.8 cm³/mol. The molecule has 1 heterocycles. The molecule has 2 N–H and O–H groups in total. The molecular formula is C18H22F3N3O3. The van der Waals surface area contributed by atoms with E-state index in [-0.39, 0.29) is 36.2 Å². The van der Waals surface area contributed by atoms with Crippen molar-refractivity contribution >= 4 is 11.9 Å². The van der Waals surface area contributed by atoms with Gasteiger partial charge in [-0.05, 0) is 43.4 Å². The summed E-state index contributed by atoms with van der Waals surface area (Å²) in [5.74, 6) is -0.742. The second kappa shape index (κ2) is 8.06. The molecule has 148 valence electrons. The molecule has 1 saturated heterocycles. The quantitative estimate of drug-likeness (QED) is 0.819. The van der Waals surface area contributed by atoms with Crippen molar-refractivity contribution in [3.63, 3.8) is 0 Å². The summed E-state index contributed by atoms with van der Waals surface area (Å²) in [6.07, 6.45) is -1.24. The van der Waals surface area contributed by atoms with Crippen LogP contribution in [0.25, 0.3) is 0 Å². The summed E-state index contributed by atoms with van der Waals surface area (Å²) < 4.78 is 40.3. The third-order valence-electron chi connectivity index (χ3n) is 4.61. The van der Waals surface area contributed by atoms with Crippen molar-refractivity contribution < 1.29 is 27.5 Å². The van der Waals surface area contributed by atoms with Crippen molar-refractivity contribution in [1.82, 2.24) is 15.5 Å². The molecule has 0 spiro atoms. The smallest absolute Gasteiger partial charge is 0.406 e. The average molecular weight is 385 g/mol. The first kappa shape index (κ1) is 19.3. The number of carbonyl (C=O) groups excluding carboxylic acids is 2. The Bertz CT molecular complexity index is 675. The highest BCUT2D eigenvalue weighted by Gasteiger charge is 2.32. The second-order valence-corrected chi connectivity index (χ2v) is 6.92. The minimum atomic E-state index is -4.73. The summed E-state index contributed by atoms with van der Waals surface area (Å²) >= 11 is 0. The van der Waals surface area contributed by atoms with Crippen molar-refractivity contribution in [3.05, 3.63) is 29.8 Å². The molecule has 1 aliphatic heterocycles. The van der Waals surface area contributed by atoms with Gasteiger partial charge in [0.1, 0.15) is 5.75 Å². The molecule has 3 amide bonds. The van der Waals surface area contributed by atoms with Crippen LogP contribution in [0.15, 0.2) is 24.3 Å². The molecule has 1 atom stereocenters. The number of piperidine rings is 1. The number of hydrogen-bond donors (Lipinski definition) is 2. The van der Waals surface area contributed by atoms with E-state index < -0.39 is 6.36 Å². The number of urea groups is 1. The Morgan fingerprint density at radius 3 is 2.48 bits per heavy atom. The van der Waals surface area contributed by atoms with E-state index in [1.54, 1.807) is 4.90 Å². The number of alkyl halides is 3. The van der Waals surface area contributed by atoms with E-state index >= 15 is 0 Å². The molecule has 1 aliphatic carbocycles. The first-order chi connectivity index (χ1) is 12.8. The molecule has 1 saturated carbocycles. The molecule has 2 fully saturated rings. The second-order valence-electron chi connectivity index (χ2n) is 6.92. The maximum Gasteiger partial charge on any atom is 0.573 e. The van der Waals surface area contributed by atoms with E-state index in [0.29, 0.717) is 25.1 Å². The predicted octanol–water partition coefficient (Wildman–Crippen LogP) is 2.79. The molecule has 1 unspecified atom stereocenters. The zero-order valence-corrected chi connectivity index (χ0v) is 14.7. The number of rotatable bonds is 5. The van der Waals surface area contributed by atoms with Crippen LogP contribution in [0.3, 0.4) is 0 Å². The van der Waals surface area contributed by atoms with Gasteiger partial charge in [0.25, 0.3) is 0 Å². The van der Waals surface area contributed by atoms with Crippen molar-refractivity contribution in [2.24, 2.45) is 5.92 Å². The van der Waals surface area contributed by atoms with Crippen LogP contribution in [0.2, 0.25) is 0 Å². The van der Waals surface area contributed by atoms with Crippen LogP contribution in [0.1, 0.15) is 31.2 Å². The van der Waals surface area contributed by atoms with Gasteiger partial charge in [0.15, 0.2) is 0 Å². The topological polar surface area (TPSA) is 70.7 Å². The monoisotopic (exact) mass is 385 g/mol. The van der Waals surface area contributed by atoms with E-state index in [4.69, 9.17) is 0 Å². The highest BCUT2D eigenvalue weighted by atomic mass is 19.4. The number of ether oxygens (including phenoxy) is 1. The van der Waals surface area contributed by atoms with Gasteiger partial charge < -0.3 is 20.3 Å². The lowest BCUT2D eigenvalue weighted by Gasteiger charge is -2.32. The molecule has 0 bridgehead atoms. The summed E-state index contributed by atoms with van der Waals surface area (Å²) in [5.41, 5.74) is 0.664. The van der Waals surface area contributed by atoms with Gasteiger partial charge >= 0.3 is 12.4 Å². The molecule has 27 heavy (non-hydrogen) atoms. The molecule has 1 aromatic carbocycles. The van der Waals surface area contributed by atoms with Crippen LogP contribution < -0.4 is 15.4 Å². The lowest BCUT2D eigenvalue weighted by Crippen LogP contribution is -2.49. The number of nitrogens with one attached hydrogen (secondary N) is 2. The highest BCUT2D eigenvalue weighted by Crippen LogP contribution is 2.23. The van der Waals surface area contributed by atoms with Crippen molar-refractivity contribution in [2.45, 2.75) is 44.6 Å². The fourth-order valence-corrected chi connectivity index (χ4v) is 3.01. The van der Waals surface area contributed by atoms with E-state index in [0.717, 1.165) is 19.3 Å². The van der Waals surface area contributed by atoms with Crippen LogP contribution in [0, 0.1) is 5.92 Å². The van der Waals surface area contributed by atoms with Gasteiger partial charge in [-0.3, -0.25) is 4.79 Å². The summed E-state index contributed by atoms with van der Waals surface area (Å²) in [5, 5.41) is 5.71. The van der Waals surface area contributed by atoms with E-state index in [9.17, 15) is 22.8 Å². The Kier molecular flexibility index (Phi) is 5.76. The maximum absolute atomic E-state index is 12.4. The number of carbonyl (C=O) groups is 2. The van der Waals surface area contributed by atoms with Gasteiger partial charge in [-0.2, -0.15) is 0 Å². The Labute approximate surface area is 155 Å². The van der Waals surface area contributed by atoms with Crippen LogP contribution in [0.4, 0.5) is 18.0 Å². The lowest BCUT2D eigenvalue weighted by molar-refractivity contribution is -0.274. The zero-order chi connectivity index (χ0) is 19.4. The number of likely N-dealkylation sites (tertiary alicyclic amines) is 1. The molecule has 3 rings (SSSR count). The molecule has 9 heteroatoms. The molecule has 2 aliphatic rings. The Balaban J connectivity index is 1.46. The van der Waals surface area contributed by atoms with Crippen molar-refractivity contribution in [1.29, 1.82) is 0 Å². The van der Waals surface area contributed by atoms with E-state index in [1.807, 2.05) is 0 Å². The molecule has 0 aromatic heterocycles. The number of hydrogen-bond acceptors (Lipinski definition) is 3. The van der Waals surface area contributed by atoms with Crippen molar-refractivity contribution in [3.8, 4) is 5.75 Å². The third-order valence-corrected chi connectivity index (χ3v) is 4.61. The first-order valence-corrected chi connectivity index (χ1v) is 8.98. The molecule has 6 nitrogen and oxygen atoms in total. The van der Waals surface area contributed by atoms with Gasteiger partial charge in [-0.15, -0.1) is 13.2 Å². The van der Waals surface area contributed by atoms with Gasteiger partial charge in [0, 0.05) is 25.7 Å². The fourth-order valence-electron chi connectivity index (χ4n) is 3.01. The number of nitrogens with zero attached hydrogens (tertiary/aromatic N) is 1. The number of amides is 3. The van der Waals surface area contributed by atoms with Crippen LogP contribution >= 0.6 is 0 Å². The Morgan fingerprint density at radius 1 is 1.15 bits per heavy atom. The first-order valence-electron chi connectivity index (χ1n) is 8.98. The van der Waals surface area contributed by atoms with Gasteiger partial charge in [0.05, 0.1) is 5.92 Å². The summed E-state index contributed by atoms with van der Waals surface area (Å²) in [6, 6.07) is 5.51. The normalized spacial score (nSPS) is 20.1. The third kappa shape index (κ3) is 6.04. The molecule has 1 aromatic rings. The number of halogens is 3. The Hall–Kier alpha value is -2.45. The minimum absolute atomic E-state index is 0.116. The van der Waals surface area contributed by atoms with Crippen LogP contribution in [0.5, 0.6) is 5.75 Å². The average Bonchev–Trinajstić information content (AvgIpc) is 3.43. The van der Waals surface area contributed by atoms with Gasteiger partial charge in [-0.1, -0.05) is 12.1 Å². The van der Waals surface area contributed by atoms with Crippen LogP contribution in [-0.2, 0) is 11.3 Å². The molecular weight excluding hydrogens is 363 g/mol. The summed E-state index contributed by atoms with van der Waals surface area (Å²) in [7, 11) is 0. The summed E-state index contributed by atoms with van der Waals surface area (Å²) in [4.78, 5) is 26.2. The molecule has 0 radical (unpaired) electrons. The highest BCUT2D eigenvalue weighted by molar-refractivity contribution is 5.81. The Morgan fingerprint density at radius 2 is 1.85 bits per heavy atom. The van der Waals surface area contributed by atoms with Crippen molar-refractivity contribution in [2.75, 3.05) is 13.1 Å². The van der Waals surface area contributed by atoms with Crippen LogP contribution in [-0.4, -0.2) is 42.3 Å². The zero-order valence-electron chi connectivity index (χ0n) is 14.7. The summed E-state index contributed by atoms with van der Waals surface area (Å²) in [6.45, 7) is 1.22. The lowest BCUT2D eigenvalue weighted by atomic mass is 9.97. The SMILES string of the molecule is O=C(NCc1ccc(OC(F)(F)F)cc1)C1CCCN(C(=O)NC2CC2)C1. The number of benzene rings is 1. The van der Waals surface area contributed by atoms with E-state index in [1.165, 1.54) is 24.3 Å². The van der Waals surface area contributed by atoms with Gasteiger partial charge in [-0.25, -0.2) is 4.79 Å².